The van der Waals surface area contributed by atoms with E-state index in [0.717, 1.165) is 0 Å². The van der Waals surface area contributed by atoms with E-state index in [9.17, 15) is 9.59 Å². The molecule has 0 saturated carbocycles. The number of carbonyl (C=O) groups excluding carboxylic acids is 2. The van der Waals surface area contributed by atoms with Crippen molar-refractivity contribution in [3.8, 4) is 0 Å². The second-order valence-electron chi connectivity index (χ2n) is 5.65. The van der Waals surface area contributed by atoms with E-state index in [2.05, 4.69) is 9.97 Å². The Balaban J connectivity index is 2.14. The molecule has 7 heteroatoms. The highest BCUT2D eigenvalue weighted by molar-refractivity contribution is 5.94. The molecule has 2 rings (SSSR count). The quantitative estimate of drug-likeness (QED) is 0.865. The Morgan fingerprint density at radius 2 is 2.00 bits per heavy atom. The molecule has 114 valence electrons. The molecule has 0 aliphatic carbocycles. The van der Waals surface area contributed by atoms with Crippen LogP contribution < -0.4 is 5.73 Å². The van der Waals surface area contributed by atoms with Crippen molar-refractivity contribution in [1.82, 2.24) is 14.9 Å². The van der Waals surface area contributed by atoms with E-state index in [-0.39, 0.29) is 25.0 Å². The average Bonchev–Trinajstić information content (AvgIpc) is 2.46. The topological polar surface area (TPSA) is 98.4 Å². The molecule has 1 aromatic rings. The van der Waals surface area contributed by atoms with Gasteiger partial charge in [0.15, 0.2) is 5.60 Å². The number of amides is 2. The van der Waals surface area contributed by atoms with Crippen molar-refractivity contribution in [3.63, 3.8) is 0 Å². The molecule has 1 aromatic heterocycles. The molecule has 1 aliphatic heterocycles. The van der Waals surface area contributed by atoms with Crippen molar-refractivity contribution < 1.29 is 14.3 Å². The second kappa shape index (κ2) is 5.77. The first-order valence-corrected chi connectivity index (χ1v) is 6.88. The Bertz CT molecular complexity index is 544. The number of hydrogen-bond acceptors (Lipinski definition) is 5. The van der Waals surface area contributed by atoms with E-state index in [1.807, 2.05) is 13.8 Å². The third-order valence-electron chi connectivity index (χ3n) is 3.52. The highest BCUT2D eigenvalue weighted by Crippen LogP contribution is 2.19. The molecular weight excluding hydrogens is 272 g/mol. The van der Waals surface area contributed by atoms with Gasteiger partial charge in [-0.3, -0.25) is 9.59 Å². The van der Waals surface area contributed by atoms with E-state index < -0.39 is 11.5 Å². The van der Waals surface area contributed by atoms with Gasteiger partial charge < -0.3 is 15.4 Å². The Hall–Kier alpha value is -2.02. The summed E-state index contributed by atoms with van der Waals surface area (Å²) in [5.74, 6) is 0.0960. The summed E-state index contributed by atoms with van der Waals surface area (Å²) < 4.78 is 5.39. The van der Waals surface area contributed by atoms with Crippen molar-refractivity contribution in [2.24, 2.45) is 5.73 Å². The molecule has 2 heterocycles. The molecule has 1 aliphatic rings. The molecule has 1 saturated heterocycles. The highest BCUT2D eigenvalue weighted by atomic mass is 16.5. The Labute approximate surface area is 123 Å². The number of morpholine rings is 1. The van der Waals surface area contributed by atoms with Gasteiger partial charge in [0.25, 0.3) is 11.8 Å². The van der Waals surface area contributed by atoms with Crippen molar-refractivity contribution in [2.75, 3.05) is 19.7 Å². The summed E-state index contributed by atoms with van der Waals surface area (Å²) in [7, 11) is 0. The second-order valence-corrected chi connectivity index (χ2v) is 5.65. The molecule has 0 aromatic carbocycles. The largest absolute Gasteiger partial charge is 0.367 e. The van der Waals surface area contributed by atoms with Gasteiger partial charge in [0.05, 0.1) is 18.7 Å². The van der Waals surface area contributed by atoms with Crippen molar-refractivity contribution in [3.05, 3.63) is 23.8 Å². The van der Waals surface area contributed by atoms with E-state index in [4.69, 9.17) is 10.5 Å². The van der Waals surface area contributed by atoms with Crippen LogP contribution in [-0.4, -0.2) is 52.0 Å². The van der Waals surface area contributed by atoms with Crippen LogP contribution in [0, 0.1) is 0 Å². The van der Waals surface area contributed by atoms with Gasteiger partial charge in [-0.1, -0.05) is 13.8 Å². The van der Waals surface area contributed by atoms with Crippen LogP contribution in [0.4, 0.5) is 0 Å². The molecule has 2 N–H and O–H groups in total. The van der Waals surface area contributed by atoms with Crippen molar-refractivity contribution >= 4 is 11.8 Å². The fraction of sp³-hybridized carbons (Fsp3) is 0.571. The first-order valence-electron chi connectivity index (χ1n) is 6.88. The number of nitrogens with two attached hydrogens (primary N) is 1. The molecule has 21 heavy (non-hydrogen) atoms. The smallest absolute Gasteiger partial charge is 0.257 e. The van der Waals surface area contributed by atoms with Crippen LogP contribution in [0.3, 0.4) is 0 Å². The summed E-state index contributed by atoms with van der Waals surface area (Å²) >= 11 is 0. The van der Waals surface area contributed by atoms with E-state index in [1.165, 1.54) is 12.4 Å². The number of primary amides is 1. The Morgan fingerprint density at radius 1 is 1.38 bits per heavy atom. The first kappa shape index (κ1) is 15.4. The summed E-state index contributed by atoms with van der Waals surface area (Å²) in [4.78, 5) is 33.8. The third kappa shape index (κ3) is 3.18. The van der Waals surface area contributed by atoms with E-state index in [0.29, 0.717) is 17.9 Å². The normalized spacial score (nSPS) is 22.4. The highest BCUT2D eigenvalue weighted by Gasteiger charge is 2.39. The molecule has 0 radical (unpaired) electrons. The summed E-state index contributed by atoms with van der Waals surface area (Å²) in [6.07, 6.45) is 3.03. The zero-order valence-electron chi connectivity index (χ0n) is 12.5. The van der Waals surface area contributed by atoms with Crippen LogP contribution in [0.15, 0.2) is 12.4 Å². The van der Waals surface area contributed by atoms with Gasteiger partial charge in [-0.15, -0.1) is 0 Å². The van der Waals surface area contributed by atoms with Gasteiger partial charge in [-0.05, 0) is 6.92 Å². The SMILES string of the molecule is CC(C)c1ncc(C(=O)N2CCO[C@@](C)(C(N)=O)C2)cn1. The van der Waals surface area contributed by atoms with Crippen LogP contribution in [0.25, 0.3) is 0 Å². The molecule has 2 amide bonds. The van der Waals surface area contributed by atoms with E-state index in [1.54, 1.807) is 11.8 Å². The van der Waals surface area contributed by atoms with Gasteiger partial charge in [-0.25, -0.2) is 9.97 Å². The molecule has 0 unspecified atom stereocenters. The van der Waals surface area contributed by atoms with Crippen LogP contribution in [-0.2, 0) is 9.53 Å². The van der Waals surface area contributed by atoms with Gasteiger partial charge in [0, 0.05) is 24.9 Å². The molecule has 0 spiro atoms. The maximum absolute atomic E-state index is 12.4. The average molecular weight is 292 g/mol. The minimum Gasteiger partial charge on any atom is -0.367 e. The number of nitrogens with zero attached hydrogens (tertiary/aromatic N) is 3. The van der Waals surface area contributed by atoms with Gasteiger partial charge in [0.2, 0.25) is 0 Å². The van der Waals surface area contributed by atoms with Crippen molar-refractivity contribution in [1.29, 1.82) is 0 Å². The Kier molecular flexibility index (Phi) is 4.22. The fourth-order valence-electron chi connectivity index (χ4n) is 2.12. The lowest BCUT2D eigenvalue weighted by atomic mass is 10.0. The summed E-state index contributed by atoms with van der Waals surface area (Å²) in [5.41, 5.74) is 4.58. The van der Waals surface area contributed by atoms with Gasteiger partial charge in [0.1, 0.15) is 5.82 Å². The molecule has 1 atom stereocenters. The van der Waals surface area contributed by atoms with Gasteiger partial charge >= 0.3 is 0 Å². The van der Waals surface area contributed by atoms with Crippen molar-refractivity contribution in [2.45, 2.75) is 32.3 Å². The zero-order chi connectivity index (χ0) is 15.6. The van der Waals surface area contributed by atoms with Crippen LogP contribution in [0.5, 0.6) is 0 Å². The number of hydrogen-bond donors (Lipinski definition) is 1. The number of carbonyl (C=O) groups is 2. The lowest BCUT2D eigenvalue weighted by Gasteiger charge is -2.38. The zero-order valence-corrected chi connectivity index (χ0v) is 12.5. The minimum atomic E-state index is -1.15. The molecule has 7 nitrogen and oxygen atoms in total. The first-order chi connectivity index (χ1) is 9.83. The number of aromatic nitrogens is 2. The lowest BCUT2D eigenvalue weighted by molar-refractivity contribution is -0.150. The predicted molar refractivity (Wildman–Crippen MR) is 75.6 cm³/mol. The predicted octanol–water partition coefficient (Wildman–Crippen LogP) is 0.316. The molecule has 1 fully saturated rings. The summed E-state index contributed by atoms with van der Waals surface area (Å²) in [6, 6.07) is 0. The maximum atomic E-state index is 12.4. The number of ether oxygens (including phenoxy) is 1. The van der Waals surface area contributed by atoms with Crippen LogP contribution in [0.2, 0.25) is 0 Å². The van der Waals surface area contributed by atoms with Gasteiger partial charge in [-0.2, -0.15) is 0 Å². The molecule has 0 bridgehead atoms. The van der Waals surface area contributed by atoms with Crippen LogP contribution in [0.1, 0.15) is 42.9 Å². The van der Waals surface area contributed by atoms with Crippen LogP contribution >= 0.6 is 0 Å². The Morgan fingerprint density at radius 3 is 2.52 bits per heavy atom. The summed E-state index contributed by atoms with van der Waals surface area (Å²) in [5, 5.41) is 0. The minimum absolute atomic E-state index is 0.132. The summed E-state index contributed by atoms with van der Waals surface area (Å²) in [6.45, 7) is 6.37. The standard InChI is InChI=1S/C14H20N4O3/c1-9(2)11-16-6-10(7-17-11)12(19)18-4-5-21-14(3,8-18)13(15)20/h6-7,9H,4-5,8H2,1-3H3,(H2,15,20)/t14-/m1/s1. The fourth-order valence-corrected chi connectivity index (χ4v) is 2.12. The maximum Gasteiger partial charge on any atom is 0.257 e. The lowest BCUT2D eigenvalue weighted by Crippen LogP contribution is -2.58. The monoisotopic (exact) mass is 292 g/mol. The molecular formula is C14H20N4O3. The van der Waals surface area contributed by atoms with E-state index >= 15 is 0 Å². The number of rotatable bonds is 3. The third-order valence-corrected chi connectivity index (χ3v) is 3.52.